The lowest BCUT2D eigenvalue weighted by Gasteiger charge is -2.36. The Morgan fingerprint density at radius 3 is 2.07 bits per heavy atom. The first-order valence-electron chi connectivity index (χ1n) is 9.30. The summed E-state index contributed by atoms with van der Waals surface area (Å²) < 4.78 is 5.79. The Morgan fingerprint density at radius 2 is 1.61 bits per heavy atom. The van der Waals surface area contributed by atoms with E-state index in [2.05, 4.69) is 11.9 Å². The van der Waals surface area contributed by atoms with Crippen molar-refractivity contribution in [1.29, 1.82) is 0 Å². The van der Waals surface area contributed by atoms with Crippen LogP contribution in [0.2, 0.25) is 5.02 Å². The molecular weight excluding hydrogens is 386 g/mol. The number of carbonyl (C=O) groups is 3. The Balaban J connectivity index is 0.000000409. The molecule has 8 heteroatoms. The molecule has 2 heterocycles. The molecule has 7 nitrogen and oxygen atoms in total. The summed E-state index contributed by atoms with van der Waals surface area (Å²) >= 11 is 5.89. The Hall–Kier alpha value is -2.12. The van der Waals surface area contributed by atoms with Gasteiger partial charge in [-0.2, -0.15) is 0 Å². The molecule has 0 saturated carbocycles. The van der Waals surface area contributed by atoms with Gasteiger partial charge in [-0.1, -0.05) is 30.7 Å². The molecule has 0 radical (unpaired) electrons. The first kappa shape index (κ1) is 22.2. The van der Waals surface area contributed by atoms with Crippen LogP contribution in [0.4, 0.5) is 0 Å². The monoisotopic (exact) mass is 411 g/mol. The Labute approximate surface area is 169 Å². The fourth-order valence-corrected chi connectivity index (χ4v) is 3.92. The van der Waals surface area contributed by atoms with Crippen molar-refractivity contribution in [2.45, 2.75) is 57.2 Å². The summed E-state index contributed by atoms with van der Waals surface area (Å²) in [6, 6.07) is 8.88. The molecule has 0 aromatic heterocycles. The lowest BCUT2D eigenvalue weighted by molar-refractivity contribution is -0.159. The summed E-state index contributed by atoms with van der Waals surface area (Å²) in [6.07, 6.45) is 5.29. The molecule has 3 rings (SSSR count). The van der Waals surface area contributed by atoms with Crippen LogP contribution in [0.25, 0.3) is 0 Å². The minimum absolute atomic E-state index is 0.0658. The minimum atomic E-state index is -1.82. The van der Waals surface area contributed by atoms with Gasteiger partial charge in [-0.25, -0.2) is 9.59 Å². The predicted octanol–water partition coefficient (Wildman–Crippen LogP) is 2.84. The van der Waals surface area contributed by atoms with Crippen LogP contribution in [0.5, 0.6) is 0 Å². The van der Waals surface area contributed by atoms with Crippen LogP contribution in [0.1, 0.15) is 38.2 Å². The zero-order valence-corrected chi connectivity index (χ0v) is 16.8. The summed E-state index contributed by atoms with van der Waals surface area (Å²) in [6.45, 7) is 1.94. The molecule has 0 amide bonds. The van der Waals surface area contributed by atoms with Gasteiger partial charge in [0.15, 0.2) is 0 Å². The van der Waals surface area contributed by atoms with Crippen molar-refractivity contribution in [1.82, 2.24) is 4.90 Å². The Bertz CT molecular complexity index is 681. The molecule has 2 fully saturated rings. The van der Waals surface area contributed by atoms with Crippen molar-refractivity contribution in [3.05, 3.63) is 34.9 Å². The molecule has 154 valence electrons. The smallest absolute Gasteiger partial charge is 0.414 e. The van der Waals surface area contributed by atoms with Gasteiger partial charge < -0.3 is 19.8 Å². The number of carbonyl (C=O) groups excluding carboxylic acids is 1. The maximum atomic E-state index is 12.3. The Morgan fingerprint density at radius 1 is 1.11 bits per heavy atom. The second kappa shape index (κ2) is 9.89. The van der Waals surface area contributed by atoms with Gasteiger partial charge in [0.25, 0.3) is 0 Å². The van der Waals surface area contributed by atoms with Crippen molar-refractivity contribution in [3.8, 4) is 0 Å². The van der Waals surface area contributed by atoms with Gasteiger partial charge in [0, 0.05) is 17.1 Å². The minimum Gasteiger partial charge on any atom is -0.473 e. The number of nitrogens with zero attached hydrogens (tertiary/aromatic N) is 1. The van der Waals surface area contributed by atoms with Gasteiger partial charge in [-0.05, 0) is 56.8 Å². The van der Waals surface area contributed by atoms with E-state index < -0.39 is 11.9 Å². The summed E-state index contributed by atoms with van der Waals surface area (Å²) in [5, 5.41) is 15.5. The number of aliphatic carboxylic acids is 2. The SMILES string of the molecule is CC(Cc1ccc(Cl)cc1)C(=O)OC1CC2CCC(C1)N2C.O=C(O)C(=O)O. The highest BCUT2D eigenvalue weighted by molar-refractivity contribution is 6.30. The second-order valence-electron chi connectivity index (χ2n) is 7.42. The summed E-state index contributed by atoms with van der Waals surface area (Å²) in [4.78, 5) is 33.0. The van der Waals surface area contributed by atoms with Gasteiger partial charge in [-0.15, -0.1) is 0 Å². The van der Waals surface area contributed by atoms with E-state index in [1.807, 2.05) is 31.2 Å². The summed E-state index contributed by atoms with van der Waals surface area (Å²) in [5.41, 5.74) is 1.12. The highest BCUT2D eigenvalue weighted by Crippen LogP contribution is 2.35. The first-order chi connectivity index (χ1) is 13.2. The van der Waals surface area contributed by atoms with Crippen molar-refractivity contribution >= 4 is 29.5 Å². The van der Waals surface area contributed by atoms with E-state index in [9.17, 15) is 4.79 Å². The number of benzene rings is 1. The second-order valence-corrected chi connectivity index (χ2v) is 7.86. The fourth-order valence-electron chi connectivity index (χ4n) is 3.80. The molecule has 1 aromatic rings. The number of carboxylic acids is 2. The van der Waals surface area contributed by atoms with Crippen LogP contribution in [-0.2, 0) is 25.5 Å². The fraction of sp³-hybridized carbons (Fsp3) is 0.550. The number of carboxylic acid groups (broad SMARTS) is 2. The largest absolute Gasteiger partial charge is 0.473 e. The highest BCUT2D eigenvalue weighted by atomic mass is 35.5. The number of piperidine rings is 1. The molecule has 2 aliphatic heterocycles. The van der Waals surface area contributed by atoms with E-state index >= 15 is 0 Å². The zero-order valence-electron chi connectivity index (χ0n) is 16.0. The first-order valence-corrected chi connectivity index (χ1v) is 9.68. The molecule has 0 spiro atoms. The number of rotatable bonds is 4. The van der Waals surface area contributed by atoms with E-state index in [4.69, 9.17) is 36.1 Å². The molecule has 2 aliphatic rings. The third kappa shape index (κ3) is 6.21. The van der Waals surface area contributed by atoms with Crippen LogP contribution in [0, 0.1) is 5.92 Å². The third-order valence-electron chi connectivity index (χ3n) is 5.38. The molecule has 1 aromatic carbocycles. The van der Waals surface area contributed by atoms with E-state index in [0.717, 1.165) is 23.4 Å². The average Bonchev–Trinajstić information content (AvgIpc) is 2.85. The Kier molecular flexibility index (Phi) is 7.83. The van der Waals surface area contributed by atoms with E-state index in [0.29, 0.717) is 18.5 Å². The van der Waals surface area contributed by atoms with Gasteiger partial charge in [0.2, 0.25) is 0 Å². The molecule has 2 N–H and O–H groups in total. The van der Waals surface area contributed by atoms with Crippen LogP contribution in [0.3, 0.4) is 0 Å². The van der Waals surface area contributed by atoms with Crippen molar-refractivity contribution in [3.63, 3.8) is 0 Å². The molecule has 3 unspecified atom stereocenters. The molecule has 3 atom stereocenters. The molecule has 2 bridgehead atoms. The van der Waals surface area contributed by atoms with Crippen molar-refractivity contribution < 1.29 is 29.3 Å². The summed E-state index contributed by atoms with van der Waals surface area (Å²) in [5.74, 6) is -3.83. The van der Waals surface area contributed by atoms with E-state index in [1.165, 1.54) is 12.8 Å². The maximum Gasteiger partial charge on any atom is 0.414 e. The molecule has 2 saturated heterocycles. The number of esters is 1. The van der Waals surface area contributed by atoms with Gasteiger partial charge >= 0.3 is 17.9 Å². The van der Waals surface area contributed by atoms with Crippen LogP contribution in [0.15, 0.2) is 24.3 Å². The van der Waals surface area contributed by atoms with E-state index in [1.54, 1.807) is 0 Å². The lowest BCUT2D eigenvalue weighted by atomic mass is 9.99. The van der Waals surface area contributed by atoms with Gasteiger partial charge in [0.05, 0.1) is 5.92 Å². The van der Waals surface area contributed by atoms with Crippen molar-refractivity contribution in [2.75, 3.05) is 7.05 Å². The highest BCUT2D eigenvalue weighted by Gasteiger charge is 2.40. The number of hydrogen-bond donors (Lipinski definition) is 2. The van der Waals surface area contributed by atoms with Crippen LogP contribution < -0.4 is 0 Å². The molecular formula is C20H26ClNO6. The third-order valence-corrected chi connectivity index (χ3v) is 5.63. The number of fused-ring (bicyclic) bond motifs is 2. The van der Waals surface area contributed by atoms with Crippen LogP contribution >= 0.6 is 11.6 Å². The lowest BCUT2D eigenvalue weighted by Crippen LogP contribution is -2.43. The van der Waals surface area contributed by atoms with E-state index in [-0.39, 0.29) is 18.0 Å². The summed E-state index contributed by atoms with van der Waals surface area (Å²) in [7, 11) is 2.20. The maximum absolute atomic E-state index is 12.3. The quantitative estimate of drug-likeness (QED) is 0.579. The normalized spacial score (nSPS) is 24.6. The standard InChI is InChI=1S/C18H24ClNO2.C2H2O4/c1-12(9-13-3-5-14(19)6-4-13)18(21)22-17-10-15-7-8-16(11-17)20(15)2;3-1(4)2(5)6/h3-6,12,15-17H,7-11H2,1-2H3;(H,3,4)(H,5,6). The number of ether oxygens (including phenoxy) is 1. The van der Waals surface area contributed by atoms with Gasteiger partial charge in [-0.3, -0.25) is 4.79 Å². The predicted molar refractivity (Wildman–Crippen MR) is 103 cm³/mol. The van der Waals surface area contributed by atoms with Gasteiger partial charge in [0.1, 0.15) is 6.10 Å². The number of halogens is 1. The molecule has 0 aliphatic carbocycles. The van der Waals surface area contributed by atoms with Crippen molar-refractivity contribution in [2.24, 2.45) is 5.92 Å². The zero-order chi connectivity index (χ0) is 20.8. The molecule has 28 heavy (non-hydrogen) atoms. The van der Waals surface area contributed by atoms with Crippen LogP contribution in [-0.4, -0.2) is 58.3 Å². The number of hydrogen-bond acceptors (Lipinski definition) is 5. The average molecular weight is 412 g/mol. The topological polar surface area (TPSA) is 104 Å².